The Labute approximate surface area is 199 Å². The molecule has 0 unspecified atom stereocenters. The normalized spacial score (nSPS) is 10.4. The van der Waals surface area contributed by atoms with Crippen LogP contribution in [0.5, 0.6) is 5.75 Å². The van der Waals surface area contributed by atoms with Crippen molar-refractivity contribution in [1.82, 2.24) is 10.2 Å². The quantitative estimate of drug-likeness (QED) is 0.491. The number of ether oxygens (including phenoxy) is 1. The number of para-hydroxylation sites is 1. The van der Waals surface area contributed by atoms with Crippen molar-refractivity contribution in [1.29, 1.82) is 0 Å². The average Bonchev–Trinajstić information content (AvgIpc) is 2.79. The van der Waals surface area contributed by atoms with Gasteiger partial charge in [-0.2, -0.15) is 0 Å². The van der Waals surface area contributed by atoms with Crippen molar-refractivity contribution in [2.45, 2.75) is 26.5 Å². The van der Waals surface area contributed by atoms with E-state index in [-0.39, 0.29) is 23.0 Å². The lowest BCUT2D eigenvalue weighted by atomic mass is 10.1. The molecule has 0 bridgehead atoms. The minimum absolute atomic E-state index is 0.000106. The van der Waals surface area contributed by atoms with Crippen molar-refractivity contribution in [2.24, 2.45) is 0 Å². The van der Waals surface area contributed by atoms with Crippen LogP contribution in [0, 0.1) is 0 Å². The molecule has 2 amide bonds. The maximum absolute atomic E-state index is 13.1. The molecular formula is C26H27N3O3S. The fourth-order valence-electron chi connectivity index (χ4n) is 3.22. The molecule has 170 valence electrons. The molecule has 6 nitrogen and oxygen atoms in total. The van der Waals surface area contributed by atoms with E-state index in [9.17, 15) is 9.59 Å². The van der Waals surface area contributed by atoms with Crippen LogP contribution in [-0.2, 0) is 6.54 Å². The van der Waals surface area contributed by atoms with Gasteiger partial charge >= 0.3 is 0 Å². The zero-order valence-electron chi connectivity index (χ0n) is 18.9. The third kappa shape index (κ3) is 6.89. The highest BCUT2D eigenvalue weighted by Gasteiger charge is 2.17. The van der Waals surface area contributed by atoms with E-state index in [0.29, 0.717) is 29.1 Å². The van der Waals surface area contributed by atoms with Gasteiger partial charge in [0.2, 0.25) is 0 Å². The molecule has 0 spiro atoms. The first-order valence-electron chi connectivity index (χ1n) is 10.6. The highest BCUT2D eigenvalue weighted by atomic mass is 32.1. The lowest BCUT2D eigenvalue weighted by molar-refractivity contribution is 0.0786. The van der Waals surface area contributed by atoms with Crippen molar-refractivity contribution in [3.8, 4) is 5.75 Å². The topological polar surface area (TPSA) is 70.7 Å². The van der Waals surface area contributed by atoms with E-state index in [1.54, 1.807) is 60.5 Å². The highest BCUT2D eigenvalue weighted by molar-refractivity contribution is 7.80. The predicted molar refractivity (Wildman–Crippen MR) is 135 cm³/mol. The third-order valence-corrected chi connectivity index (χ3v) is 4.91. The van der Waals surface area contributed by atoms with E-state index in [4.69, 9.17) is 17.0 Å². The maximum atomic E-state index is 13.1. The number of carbonyl (C=O) groups excluding carboxylic acids is 2. The molecule has 0 aliphatic carbocycles. The first-order valence-corrected chi connectivity index (χ1v) is 11.0. The number of amides is 2. The Balaban J connectivity index is 1.67. The van der Waals surface area contributed by atoms with Crippen molar-refractivity contribution in [2.75, 3.05) is 12.4 Å². The molecule has 0 atom stereocenters. The summed E-state index contributed by atoms with van der Waals surface area (Å²) in [4.78, 5) is 27.3. The molecule has 0 aliphatic rings. The van der Waals surface area contributed by atoms with Gasteiger partial charge in [0.1, 0.15) is 5.75 Å². The summed E-state index contributed by atoms with van der Waals surface area (Å²) in [5.41, 5.74) is 2.43. The van der Waals surface area contributed by atoms with Gasteiger partial charge in [0, 0.05) is 19.2 Å². The van der Waals surface area contributed by atoms with Crippen LogP contribution >= 0.6 is 12.2 Å². The van der Waals surface area contributed by atoms with Crippen LogP contribution in [0.2, 0.25) is 0 Å². The van der Waals surface area contributed by atoms with Crippen molar-refractivity contribution < 1.29 is 14.3 Å². The van der Waals surface area contributed by atoms with E-state index >= 15 is 0 Å². The number of rotatable bonds is 7. The first kappa shape index (κ1) is 23.9. The fraction of sp³-hybridized carbons (Fsp3) is 0.192. The van der Waals surface area contributed by atoms with Crippen LogP contribution < -0.4 is 15.4 Å². The number of hydrogen-bond acceptors (Lipinski definition) is 4. The van der Waals surface area contributed by atoms with Crippen molar-refractivity contribution in [3.63, 3.8) is 0 Å². The Morgan fingerprint density at radius 2 is 1.67 bits per heavy atom. The molecule has 0 fully saturated rings. The van der Waals surface area contributed by atoms with Crippen LogP contribution in [0.3, 0.4) is 0 Å². The first-order chi connectivity index (χ1) is 15.8. The maximum Gasteiger partial charge on any atom is 0.257 e. The number of nitrogens with one attached hydrogen (secondary N) is 2. The van der Waals surface area contributed by atoms with Gasteiger partial charge < -0.3 is 15.0 Å². The monoisotopic (exact) mass is 461 g/mol. The Bertz CT molecular complexity index is 1130. The number of carbonyl (C=O) groups is 2. The summed E-state index contributed by atoms with van der Waals surface area (Å²) in [6.45, 7) is 4.31. The Morgan fingerprint density at radius 1 is 0.970 bits per heavy atom. The second kappa shape index (κ2) is 11.2. The van der Waals surface area contributed by atoms with E-state index in [0.717, 1.165) is 5.56 Å². The van der Waals surface area contributed by atoms with Gasteiger partial charge in [-0.15, -0.1) is 0 Å². The molecule has 0 saturated heterocycles. The molecule has 0 aromatic heterocycles. The second-order valence-corrected chi connectivity index (χ2v) is 8.20. The van der Waals surface area contributed by atoms with Gasteiger partial charge in [0.25, 0.3) is 11.8 Å². The molecular weight excluding hydrogens is 434 g/mol. The number of anilines is 1. The predicted octanol–water partition coefficient (Wildman–Crippen LogP) is 4.87. The molecule has 0 aliphatic heterocycles. The molecule has 0 radical (unpaired) electrons. The Morgan fingerprint density at radius 3 is 2.39 bits per heavy atom. The third-order valence-electron chi connectivity index (χ3n) is 4.71. The zero-order valence-corrected chi connectivity index (χ0v) is 19.7. The molecule has 3 aromatic carbocycles. The second-order valence-electron chi connectivity index (χ2n) is 7.80. The summed E-state index contributed by atoms with van der Waals surface area (Å²) >= 11 is 5.33. The van der Waals surface area contributed by atoms with Crippen molar-refractivity contribution >= 4 is 34.8 Å². The van der Waals surface area contributed by atoms with Gasteiger partial charge in [-0.05, 0) is 62.0 Å². The van der Waals surface area contributed by atoms with E-state index in [2.05, 4.69) is 10.6 Å². The minimum atomic E-state index is -0.369. The van der Waals surface area contributed by atoms with E-state index in [1.165, 1.54) is 0 Å². The highest BCUT2D eigenvalue weighted by Crippen LogP contribution is 2.19. The van der Waals surface area contributed by atoms with Crippen LogP contribution in [0.1, 0.15) is 40.1 Å². The fourth-order valence-corrected chi connectivity index (χ4v) is 3.43. The summed E-state index contributed by atoms with van der Waals surface area (Å²) in [6.07, 6.45) is 0.000106. The molecule has 3 rings (SSSR count). The molecule has 33 heavy (non-hydrogen) atoms. The SMILES string of the molecule is CC(C)Oc1cccc(C(=O)NC(=S)Nc2ccccc2C(=O)N(C)Cc2ccccc2)c1. The summed E-state index contributed by atoms with van der Waals surface area (Å²) in [5, 5.41) is 5.74. The minimum Gasteiger partial charge on any atom is -0.491 e. The number of hydrogen-bond donors (Lipinski definition) is 2. The largest absolute Gasteiger partial charge is 0.491 e. The molecule has 2 N–H and O–H groups in total. The van der Waals surface area contributed by atoms with Gasteiger partial charge in [-0.1, -0.05) is 48.5 Å². The number of thiocarbonyl (C=S) groups is 1. The van der Waals surface area contributed by atoms with Crippen LogP contribution in [0.25, 0.3) is 0 Å². The number of benzene rings is 3. The standard InChI is InChI=1S/C26H27N3O3S/c1-18(2)32-21-13-9-12-20(16-21)24(30)28-26(33)27-23-15-8-7-14-22(23)25(31)29(3)17-19-10-5-4-6-11-19/h4-16,18H,17H2,1-3H3,(H2,27,28,30,33). The van der Waals surface area contributed by atoms with E-state index in [1.807, 2.05) is 44.2 Å². The Hall–Kier alpha value is -3.71. The molecule has 3 aromatic rings. The van der Waals surface area contributed by atoms with Gasteiger partial charge in [-0.3, -0.25) is 14.9 Å². The van der Waals surface area contributed by atoms with Crippen LogP contribution in [0.4, 0.5) is 5.69 Å². The summed E-state index contributed by atoms with van der Waals surface area (Å²) in [7, 11) is 1.75. The summed E-state index contributed by atoms with van der Waals surface area (Å²) in [6, 6.07) is 23.7. The van der Waals surface area contributed by atoms with Gasteiger partial charge in [0.15, 0.2) is 5.11 Å². The smallest absolute Gasteiger partial charge is 0.257 e. The van der Waals surface area contributed by atoms with Crippen LogP contribution in [-0.4, -0.2) is 35.0 Å². The van der Waals surface area contributed by atoms with Crippen LogP contribution in [0.15, 0.2) is 78.9 Å². The zero-order chi connectivity index (χ0) is 23.8. The molecule has 0 heterocycles. The van der Waals surface area contributed by atoms with Gasteiger partial charge in [-0.25, -0.2) is 0 Å². The number of nitrogens with zero attached hydrogens (tertiary/aromatic N) is 1. The summed E-state index contributed by atoms with van der Waals surface area (Å²) < 4.78 is 5.64. The molecule has 0 saturated carbocycles. The Kier molecular flexibility index (Phi) is 8.16. The summed E-state index contributed by atoms with van der Waals surface area (Å²) in [5.74, 6) is 0.0789. The molecule has 7 heteroatoms. The van der Waals surface area contributed by atoms with Gasteiger partial charge in [0.05, 0.1) is 17.4 Å². The lowest BCUT2D eigenvalue weighted by Gasteiger charge is -2.20. The van der Waals surface area contributed by atoms with Crippen molar-refractivity contribution in [3.05, 3.63) is 95.6 Å². The lowest BCUT2D eigenvalue weighted by Crippen LogP contribution is -2.35. The van der Waals surface area contributed by atoms with E-state index < -0.39 is 0 Å². The average molecular weight is 462 g/mol.